The van der Waals surface area contributed by atoms with E-state index in [0.717, 1.165) is 6.42 Å². The maximum atomic E-state index is 13.1. The molecule has 0 spiro atoms. The number of likely N-dealkylation sites (tertiary alicyclic amines) is 1. The van der Waals surface area contributed by atoms with E-state index in [1.807, 2.05) is 5.32 Å². The van der Waals surface area contributed by atoms with E-state index in [1.165, 1.54) is 0 Å². The Bertz CT molecular complexity index is 619. The lowest BCUT2D eigenvalue weighted by Gasteiger charge is -2.40. The van der Waals surface area contributed by atoms with E-state index in [9.17, 15) is 31.1 Å². The summed E-state index contributed by atoms with van der Waals surface area (Å²) in [5.41, 5.74) is -4.23. The molecule has 9 heteroatoms. The monoisotopic (exact) mass is 369 g/mol. The number of para-hydroxylation sites is 1. The topological polar surface area (TPSA) is 29.1 Å². The number of likely N-dealkylation sites (N-methyl/N-ethyl adjacent to an activating group) is 1. The third-order valence-electron chi connectivity index (χ3n) is 4.53. The maximum Gasteiger partial charge on any atom is 0.418 e. The van der Waals surface area contributed by atoms with Crippen molar-refractivity contribution in [3.63, 3.8) is 0 Å². The average Bonchev–Trinajstić information content (AvgIpc) is 2.44. The standard InChI is InChI=1S/C16H18F6N2O/c1-24(2)9-4-3-8-12(24)14(25)23-13-10(15(17,18)19)6-5-7-11(13)16(20,21)22/h5-7,12H,3-4,8-9H2,1-2H3/p+1. The van der Waals surface area contributed by atoms with E-state index < -0.39 is 41.1 Å². The molecule has 1 atom stereocenters. The summed E-state index contributed by atoms with van der Waals surface area (Å²) in [7, 11) is 3.48. The Balaban J connectivity index is 2.45. The average molecular weight is 369 g/mol. The van der Waals surface area contributed by atoms with Crippen molar-refractivity contribution in [3.8, 4) is 0 Å². The van der Waals surface area contributed by atoms with Crippen molar-refractivity contribution in [1.29, 1.82) is 0 Å². The van der Waals surface area contributed by atoms with Crippen molar-refractivity contribution in [3.05, 3.63) is 29.3 Å². The summed E-state index contributed by atoms with van der Waals surface area (Å²) in [6.07, 6.45) is -8.06. The van der Waals surface area contributed by atoms with Crippen LogP contribution in [0.2, 0.25) is 0 Å². The summed E-state index contributed by atoms with van der Waals surface area (Å²) in [5, 5.41) is 1.92. The molecule has 1 aliphatic rings. The number of carbonyl (C=O) groups is 1. The van der Waals surface area contributed by atoms with E-state index in [-0.39, 0.29) is 4.48 Å². The number of benzene rings is 1. The molecule has 1 unspecified atom stereocenters. The largest absolute Gasteiger partial charge is 0.418 e. The molecule has 1 fully saturated rings. The molecule has 3 nitrogen and oxygen atoms in total. The van der Waals surface area contributed by atoms with Crippen LogP contribution >= 0.6 is 0 Å². The minimum absolute atomic E-state index is 0.224. The second-order valence-corrected chi connectivity index (χ2v) is 6.73. The zero-order valence-electron chi connectivity index (χ0n) is 13.8. The minimum Gasteiger partial charge on any atom is -0.320 e. The number of quaternary nitrogens is 1. The minimum atomic E-state index is -5.01. The molecular formula is C16H19F6N2O+. The van der Waals surface area contributed by atoms with E-state index in [1.54, 1.807) is 14.1 Å². The number of piperidine rings is 1. The first-order valence-electron chi connectivity index (χ1n) is 7.75. The normalized spacial score (nSPS) is 21.0. The van der Waals surface area contributed by atoms with Crippen molar-refractivity contribution in [2.75, 3.05) is 26.0 Å². The van der Waals surface area contributed by atoms with Crippen molar-refractivity contribution in [2.45, 2.75) is 37.7 Å². The second kappa shape index (κ2) is 6.51. The second-order valence-electron chi connectivity index (χ2n) is 6.73. The van der Waals surface area contributed by atoms with Gasteiger partial charge in [-0.25, -0.2) is 0 Å². The lowest BCUT2D eigenvalue weighted by atomic mass is 9.98. The van der Waals surface area contributed by atoms with E-state index in [0.29, 0.717) is 37.6 Å². The molecule has 0 radical (unpaired) electrons. The molecule has 0 saturated carbocycles. The third-order valence-corrected chi connectivity index (χ3v) is 4.53. The van der Waals surface area contributed by atoms with Gasteiger partial charge >= 0.3 is 12.4 Å². The van der Waals surface area contributed by atoms with Gasteiger partial charge in [0, 0.05) is 6.42 Å². The van der Waals surface area contributed by atoms with E-state index in [4.69, 9.17) is 0 Å². The quantitative estimate of drug-likeness (QED) is 0.612. The maximum absolute atomic E-state index is 13.1. The summed E-state index contributed by atoms with van der Waals surface area (Å²) in [4.78, 5) is 12.5. The van der Waals surface area contributed by atoms with Crippen molar-refractivity contribution >= 4 is 11.6 Å². The van der Waals surface area contributed by atoms with E-state index in [2.05, 4.69) is 0 Å². The molecule has 2 rings (SSSR count). The number of carbonyl (C=O) groups excluding carboxylic acids is 1. The predicted octanol–water partition coefficient (Wildman–Crippen LogP) is 4.29. The Morgan fingerprint density at radius 1 is 1.04 bits per heavy atom. The highest BCUT2D eigenvalue weighted by Crippen LogP contribution is 2.42. The molecule has 25 heavy (non-hydrogen) atoms. The fraction of sp³-hybridized carbons (Fsp3) is 0.562. The molecule has 0 aromatic heterocycles. The smallest absolute Gasteiger partial charge is 0.320 e. The zero-order valence-corrected chi connectivity index (χ0v) is 13.8. The van der Waals surface area contributed by atoms with Gasteiger partial charge in [0.15, 0.2) is 6.04 Å². The fourth-order valence-corrected chi connectivity index (χ4v) is 3.18. The van der Waals surface area contributed by atoms with Crippen molar-refractivity contribution in [2.24, 2.45) is 0 Å². The van der Waals surface area contributed by atoms with Gasteiger partial charge in [0.05, 0.1) is 37.5 Å². The lowest BCUT2D eigenvalue weighted by molar-refractivity contribution is -0.910. The molecule has 0 bridgehead atoms. The van der Waals surface area contributed by atoms with Crippen LogP contribution in [0.1, 0.15) is 30.4 Å². The van der Waals surface area contributed by atoms with Crippen LogP contribution in [0.5, 0.6) is 0 Å². The van der Waals surface area contributed by atoms with Gasteiger partial charge in [-0.3, -0.25) is 4.79 Å². The number of nitrogens with one attached hydrogen (secondary N) is 1. The van der Waals surface area contributed by atoms with Crippen LogP contribution in [0.3, 0.4) is 0 Å². The Hall–Kier alpha value is -1.77. The summed E-state index contributed by atoms with van der Waals surface area (Å²) >= 11 is 0. The highest BCUT2D eigenvalue weighted by Gasteiger charge is 2.43. The Morgan fingerprint density at radius 2 is 1.56 bits per heavy atom. The number of hydrogen-bond acceptors (Lipinski definition) is 1. The summed E-state index contributed by atoms with van der Waals surface area (Å²) in [5.74, 6) is -0.827. The molecule has 1 aromatic rings. The van der Waals surface area contributed by atoms with Crippen LogP contribution in [0.15, 0.2) is 18.2 Å². The number of halogens is 6. The van der Waals surface area contributed by atoms with Crippen LogP contribution in [0.25, 0.3) is 0 Å². The number of alkyl halides is 6. The molecular weight excluding hydrogens is 350 g/mol. The highest BCUT2D eigenvalue weighted by atomic mass is 19.4. The zero-order chi connectivity index (χ0) is 19.0. The van der Waals surface area contributed by atoms with Crippen LogP contribution in [-0.4, -0.2) is 37.1 Å². The van der Waals surface area contributed by atoms with Crippen molar-refractivity contribution < 1.29 is 35.6 Å². The lowest BCUT2D eigenvalue weighted by Crippen LogP contribution is -2.57. The number of hydrogen-bond donors (Lipinski definition) is 1. The SMILES string of the molecule is C[N+]1(C)CCCCC1C(=O)Nc1c(C(F)(F)F)cccc1C(F)(F)F. The third kappa shape index (κ3) is 4.26. The molecule has 1 amide bonds. The summed E-state index contributed by atoms with van der Waals surface area (Å²) < 4.78 is 79.1. The first-order chi connectivity index (χ1) is 11.3. The molecule has 1 heterocycles. The molecule has 0 aliphatic carbocycles. The van der Waals surface area contributed by atoms with Gasteiger partial charge in [0.25, 0.3) is 5.91 Å². The van der Waals surface area contributed by atoms with Gasteiger partial charge in [0.1, 0.15) is 0 Å². The van der Waals surface area contributed by atoms with Gasteiger partial charge in [-0.05, 0) is 25.0 Å². The number of anilines is 1. The fourth-order valence-electron chi connectivity index (χ4n) is 3.18. The van der Waals surface area contributed by atoms with Gasteiger partial charge < -0.3 is 9.80 Å². The van der Waals surface area contributed by atoms with Crippen LogP contribution in [-0.2, 0) is 17.1 Å². The van der Waals surface area contributed by atoms with Gasteiger partial charge in [-0.15, -0.1) is 0 Å². The van der Waals surface area contributed by atoms with Crippen molar-refractivity contribution in [1.82, 2.24) is 0 Å². The Labute approximate surface area is 141 Å². The number of rotatable bonds is 2. The Morgan fingerprint density at radius 3 is 2.00 bits per heavy atom. The Kier molecular flexibility index (Phi) is 5.09. The first kappa shape index (κ1) is 19.6. The van der Waals surface area contributed by atoms with Gasteiger partial charge in [0.2, 0.25) is 0 Å². The first-order valence-corrected chi connectivity index (χ1v) is 7.75. The molecule has 1 aromatic carbocycles. The molecule has 1 N–H and O–H groups in total. The van der Waals surface area contributed by atoms with Crippen LogP contribution in [0.4, 0.5) is 32.0 Å². The van der Waals surface area contributed by atoms with Crippen LogP contribution in [0, 0.1) is 0 Å². The van der Waals surface area contributed by atoms with Gasteiger partial charge in [-0.2, -0.15) is 26.3 Å². The number of amides is 1. The number of nitrogens with zero attached hydrogens (tertiary/aromatic N) is 1. The predicted molar refractivity (Wildman–Crippen MR) is 79.7 cm³/mol. The van der Waals surface area contributed by atoms with Crippen LogP contribution < -0.4 is 5.32 Å². The van der Waals surface area contributed by atoms with Gasteiger partial charge in [-0.1, -0.05) is 6.07 Å². The molecule has 1 aliphatic heterocycles. The highest BCUT2D eigenvalue weighted by molar-refractivity contribution is 5.95. The molecule has 1 saturated heterocycles. The summed E-state index contributed by atoms with van der Waals surface area (Å²) in [6.45, 7) is 0.630. The summed E-state index contributed by atoms with van der Waals surface area (Å²) in [6, 6.07) is 1.05. The molecule has 140 valence electrons. The van der Waals surface area contributed by atoms with E-state index >= 15 is 0 Å².